The molecule has 0 aliphatic carbocycles. The van der Waals surface area contributed by atoms with Crippen molar-refractivity contribution in [3.63, 3.8) is 0 Å². The van der Waals surface area contributed by atoms with Crippen LogP contribution in [-0.2, 0) is 28.6 Å². The summed E-state index contributed by atoms with van der Waals surface area (Å²) < 4.78 is 55.1. The molecule has 0 saturated carbocycles. The Bertz CT molecular complexity index is 590. The summed E-state index contributed by atoms with van der Waals surface area (Å²) in [7, 11) is -8.00. The summed E-state index contributed by atoms with van der Waals surface area (Å²) in [5.41, 5.74) is -1.45. The van der Waals surface area contributed by atoms with E-state index in [4.69, 9.17) is 0 Å². The van der Waals surface area contributed by atoms with Crippen LogP contribution >= 0.6 is 0 Å². The molecule has 1 aromatic rings. The van der Waals surface area contributed by atoms with Gasteiger partial charge in [-0.15, -0.1) is 0 Å². The highest BCUT2D eigenvalue weighted by atomic mass is 32.2. The highest BCUT2D eigenvalue weighted by molar-refractivity contribution is 7.90. The molecule has 0 radical (unpaired) electrons. The quantitative estimate of drug-likeness (QED) is 0.747. The molecule has 1 aliphatic rings. The molecule has 0 spiro atoms. The predicted molar refractivity (Wildman–Crippen MR) is 58.0 cm³/mol. The first-order valence-electron chi connectivity index (χ1n) is 4.78. The standard InChI is InChI=1S/C9H10O6S2/c10-16(11,8-4-2-1-3-5-8)15-9-6-7-14-17(9,12)13/h1-5,9H,6-7H2. The van der Waals surface area contributed by atoms with Gasteiger partial charge in [-0.25, -0.2) is 4.18 Å². The van der Waals surface area contributed by atoms with Crippen molar-refractivity contribution in [1.29, 1.82) is 0 Å². The molecule has 1 fully saturated rings. The van der Waals surface area contributed by atoms with Gasteiger partial charge in [0.25, 0.3) is 20.2 Å². The average molecular weight is 278 g/mol. The number of benzene rings is 1. The second-order valence-corrected chi connectivity index (χ2v) is 6.72. The SMILES string of the molecule is O=S(=O)(OC1CCOS1(=O)=O)c1ccccc1. The van der Waals surface area contributed by atoms with E-state index in [9.17, 15) is 16.8 Å². The Labute approximate surface area is 99.4 Å². The molecular weight excluding hydrogens is 268 g/mol. The lowest BCUT2D eigenvalue weighted by molar-refractivity contribution is 0.279. The van der Waals surface area contributed by atoms with Crippen LogP contribution in [0.4, 0.5) is 0 Å². The van der Waals surface area contributed by atoms with Crippen LogP contribution in [0.5, 0.6) is 0 Å². The molecule has 0 amide bonds. The summed E-state index contributed by atoms with van der Waals surface area (Å²) in [6.07, 6.45) is 0.00833. The highest BCUT2D eigenvalue weighted by Gasteiger charge is 2.38. The summed E-state index contributed by atoms with van der Waals surface area (Å²) in [6, 6.07) is 7.36. The Kier molecular flexibility index (Phi) is 3.21. The van der Waals surface area contributed by atoms with Crippen LogP contribution in [0.15, 0.2) is 35.2 Å². The molecular formula is C9H10O6S2. The molecule has 94 valence electrons. The van der Waals surface area contributed by atoms with Crippen molar-refractivity contribution in [2.75, 3.05) is 6.61 Å². The largest absolute Gasteiger partial charge is 0.298 e. The van der Waals surface area contributed by atoms with E-state index in [1.165, 1.54) is 24.3 Å². The van der Waals surface area contributed by atoms with E-state index in [0.29, 0.717) is 0 Å². The third-order valence-corrected chi connectivity index (χ3v) is 5.12. The summed E-state index contributed by atoms with van der Waals surface area (Å²) in [6.45, 7) is -0.0582. The number of hydrogen-bond donors (Lipinski definition) is 0. The van der Waals surface area contributed by atoms with Crippen LogP contribution in [0.2, 0.25) is 0 Å². The van der Waals surface area contributed by atoms with Gasteiger partial charge < -0.3 is 0 Å². The molecule has 0 N–H and O–H groups in total. The lowest BCUT2D eigenvalue weighted by Gasteiger charge is -2.09. The van der Waals surface area contributed by atoms with Crippen molar-refractivity contribution in [2.45, 2.75) is 16.8 Å². The van der Waals surface area contributed by atoms with E-state index in [0.717, 1.165) is 0 Å². The molecule has 2 rings (SSSR count). The third kappa shape index (κ3) is 2.65. The third-order valence-electron chi connectivity index (χ3n) is 2.19. The van der Waals surface area contributed by atoms with Crippen LogP contribution < -0.4 is 0 Å². The zero-order valence-corrected chi connectivity index (χ0v) is 10.3. The van der Waals surface area contributed by atoms with E-state index in [1.54, 1.807) is 6.07 Å². The van der Waals surface area contributed by atoms with Gasteiger partial charge in [0.15, 0.2) is 0 Å². The van der Waals surface area contributed by atoms with Crippen molar-refractivity contribution in [1.82, 2.24) is 0 Å². The Morgan fingerprint density at radius 2 is 1.88 bits per heavy atom. The van der Waals surface area contributed by atoms with Gasteiger partial charge in [0, 0.05) is 6.42 Å². The molecule has 1 heterocycles. The first kappa shape index (κ1) is 12.5. The Balaban J connectivity index is 2.25. The second-order valence-electron chi connectivity index (χ2n) is 3.40. The van der Waals surface area contributed by atoms with E-state index in [1.807, 2.05) is 0 Å². The van der Waals surface area contributed by atoms with Gasteiger partial charge in [-0.2, -0.15) is 16.8 Å². The molecule has 1 aromatic carbocycles. The van der Waals surface area contributed by atoms with Crippen molar-refractivity contribution < 1.29 is 25.2 Å². The monoisotopic (exact) mass is 278 g/mol. The summed E-state index contributed by atoms with van der Waals surface area (Å²) in [5.74, 6) is 0. The second kappa shape index (κ2) is 4.37. The van der Waals surface area contributed by atoms with Crippen LogP contribution in [0.3, 0.4) is 0 Å². The highest BCUT2D eigenvalue weighted by Crippen LogP contribution is 2.23. The Hall–Kier alpha value is -0.960. The van der Waals surface area contributed by atoms with Gasteiger partial charge in [-0.05, 0) is 12.1 Å². The molecule has 1 saturated heterocycles. The Morgan fingerprint density at radius 1 is 1.24 bits per heavy atom. The van der Waals surface area contributed by atoms with Gasteiger partial charge in [0.1, 0.15) is 0 Å². The van der Waals surface area contributed by atoms with Crippen molar-refractivity contribution >= 4 is 20.2 Å². The van der Waals surface area contributed by atoms with Gasteiger partial charge in [0.2, 0.25) is 5.44 Å². The summed E-state index contributed by atoms with van der Waals surface area (Å²) >= 11 is 0. The molecule has 0 bridgehead atoms. The maximum atomic E-state index is 11.7. The average Bonchev–Trinajstić information content (AvgIpc) is 2.59. The molecule has 17 heavy (non-hydrogen) atoms. The van der Waals surface area contributed by atoms with E-state index in [2.05, 4.69) is 8.37 Å². The molecule has 0 aromatic heterocycles. The van der Waals surface area contributed by atoms with Crippen molar-refractivity contribution in [3.05, 3.63) is 30.3 Å². The Morgan fingerprint density at radius 3 is 2.41 bits per heavy atom. The fourth-order valence-electron chi connectivity index (χ4n) is 1.36. The number of rotatable bonds is 3. The normalized spacial score (nSPS) is 23.6. The number of hydrogen-bond acceptors (Lipinski definition) is 6. The summed E-state index contributed by atoms with van der Waals surface area (Å²) in [4.78, 5) is -0.0814. The minimum atomic E-state index is -4.07. The summed E-state index contributed by atoms with van der Waals surface area (Å²) in [5, 5.41) is 0. The molecule has 6 nitrogen and oxygen atoms in total. The fraction of sp³-hybridized carbons (Fsp3) is 0.333. The lowest BCUT2D eigenvalue weighted by atomic mass is 10.4. The topological polar surface area (TPSA) is 86.7 Å². The van der Waals surface area contributed by atoms with E-state index < -0.39 is 25.7 Å². The maximum Gasteiger partial charge on any atom is 0.298 e. The maximum absolute atomic E-state index is 11.7. The van der Waals surface area contributed by atoms with Crippen LogP contribution in [0.25, 0.3) is 0 Å². The zero-order valence-electron chi connectivity index (χ0n) is 8.64. The fourth-order valence-corrected chi connectivity index (χ4v) is 3.90. The van der Waals surface area contributed by atoms with E-state index in [-0.39, 0.29) is 17.9 Å². The van der Waals surface area contributed by atoms with Gasteiger partial charge >= 0.3 is 0 Å². The van der Waals surface area contributed by atoms with Crippen LogP contribution in [0.1, 0.15) is 6.42 Å². The first-order valence-corrected chi connectivity index (χ1v) is 7.66. The van der Waals surface area contributed by atoms with Gasteiger partial charge in [0.05, 0.1) is 11.5 Å². The van der Waals surface area contributed by atoms with Gasteiger partial charge in [-0.1, -0.05) is 18.2 Å². The minimum Gasteiger partial charge on any atom is -0.268 e. The molecule has 1 aliphatic heterocycles. The molecule has 1 unspecified atom stereocenters. The van der Waals surface area contributed by atoms with Crippen molar-refractivity contribution in [2.24, 2.45) is 0 Å². The van der Waals surface area contributed by atoms with Gasteiger partial charge in [-0.3, -0.25) is 4.18 Å². The minimum absolute atomic E-state index is 0.00833. The molecule has 1 atom stereocenters. The van der Waals surface area contributed by atoms with Crippen LogP contribution in [-0.4, -0.2) is 28.9 Å². The molecule has 8 heteroatoms. The smallest absolute Gasteiger partial charge is 0.268 e. The van der Waals surface area contributed by atoms with Crippen molar-refractivity contribution in [3.8, 4) is 0 Å². The lowest BCUT2D eigenvalue weighted by Crippen LogP contribution is -2.23. The zero-order chi connectivity index (χ0) is 12.5. The predicted octanol–water partition coefficient (Wildman–Crippen LogP) is 0.468. The van der Waals surface area contributed by atoms with E-state index >= 15 is 0 Å². The first-order chi connectivity index (χ1) is 7.92. The van der Waals surface area contributed by atoms with Crippen LogP contribution in [0, 0.1) is 0 Å².